The van der Waals surface area contributed by atoms with Gasteiger partial charge in [-0.3, -0.25) is 4.98 Å². The molecule has 118 valence electrons. The normalized spacial score (nSPS) is 19.0. The van der Waals surface area contributed by atoms with Crippen LogP contribution in [0.2, 0.25) is 0 Å². The number of benzene rings is 1. The summed E-state index contributed by atoms with van der Waals surface area (Å²) in [6.07, 6.45) is 2.01. The fourth-order valence-electron chi connectivity index (χ4n) is 2.52. The lowest BCUT2D eigenvalue weighted by Crippen LogP contribution is -2.47. The molecular formula is C16H21IN4O. The van der Waals surface area contributed by atoms with E-state index in [1.54, 1.807) is 6.20 Å². The van der Waals surface area contributed by atoms with Gasteiger partial charge in [0.05, 0.1) is 24.8 Å². The Morgan fingerprint density at radius 1 is 1.45 bits per heavy atom. The molecule has 3 rings (SSSR count). The van der Waals surface area contributed by atoms with Crippen molar-refractivity contribution in [3.63, 3.8) is 0 Å². The van der Waals surface area contributed by atoms with Crippen LogP contribution in [0.4, 0.5) is 0 Å². The molecule has 0 aliphatic carbocycles. The van der Waals surface area contributed by atoms with E-state index in [9.17, 15) is 0 Å². The van der Waals surface area contributed by atoms with E-state index in [1.165, 1.54) is 0 Å². The molecule has 1 aliphatic rings. The zero-order chi connectivity index (χ0) is 14.7. The van der Waals surface area contributed by atoms with Crippen molar-refractivity contribution in [3.8, 4) is 0 Å². The average Bonchev–Trinajstić information content (AvgIpc) is 2.52. The third-order valence-corrected chi connectivity index (χ3v) is 3.66. The van der Waals surface area contributed by atoms with Crippen molar-refractivity contribution < 1.29 is 4.74 Å². The number of ether oxygens (including phenoxy) is 1. The predicted molar refractivity (Wildman–Crippen MR) is 99.5 cm³/mol. The fourth-order valence-corrected chi connectivity index (χ4v) is 2.52. The smallest absolute Gasteiger partial charge is 0.191 e. The molecule has 2 aromatic rings. The van der Waals surface area contributed by atoms with Gasteiger partial charge in [-0.1, -0.05) is 12.1 Å². The molecule has 1 aliphatic heterocycles. The number of halogens is 1. The third-order valence-electron chi connectivity index (χ3n) is 3.66. The highest BCUT2D eigenvalue weighted by Gasteiger charge is 2.17. The quantitative estimate of drug-likeness (QED) is 0.468. The number of morpholine rings is 1. The molecule has 1 aromatic heterocycles. The molecule has 0 radical (unpaired) electrons. The summed E-state index contributed by atoms with van der Waals surface area (Å²) in [5.41, 5.74) is 8.22. The van der Waals surface area contributed by atoms with Crippen molar-refractivity contribution in [2.75, 3.05) is 19.7 Å². The van der Waals surface area contributed by atoms with Crippen LogP contribution in [0.1, 0.15) is 12.5 Å². The van der Waals surface area contributed by atoms with E-state index >= 15 is 0 Å². The lowest BCUT2D eigenvalue weighted by molar-refractivity contribution is 0.00529. The van der Waals surface area contributed by atoms with E-state index in [4.69, 9.17) is 10.5 Å². The van der Waals surface area contributed by atoms with Crippen LogP contribution in [0.25, 0.3) is 10.9 Å². The summed E-state index contributed by atoms with van der Waals surface area (Å²) in [6.45, 7) is 4.95. The maximum Gasteiger partial charge on any atom is 0.191 e. The molecule has 6 heteroatoms. The van der Waals surface area contributed by atoms with Crippen LogP contribution in [-0.2, 0) is 11.3 Å². The number of aromatic nitrogens is 1. The lowest BCUT2D eigenvalue weighted by atomic mass is 10.1. The highest BCUT2D eigenvalue weighted by Crippen LogP contribution is 2.14. The van der Waals surface area contributed by atoms with E-state index in [0.717, 1.165) is 29.6 Å². The van der Waals surface area contributed by atoms with Gasteiger partial charge in [0.15, 0.2) is 5.96 Å². The second-order valence-corrected chi connectivity index (χ2v) is 5.33. The number of fused-ring (bicyclic) bond motifs is 1. The SMILES string of the molecule is CC1CN(C(N)=NCc2ccc3ncccc3c2)CCO1.I. The minimum atomic E-state index is 0. The first-order valence-corrected chi connectivity index (χ1v) is 7.22. The Labute approximate surface area is 147 Å². The van der Waals surface area contributed by atoms with Crippen LogP contribution in [0.15, 0.2) is 41.5 Å². The van der Waals surface area contributed by atoms with Gasteiger partial charge in [0.25, 0.3) is 0 Å². The summed E-state index contributed by atoms with van der Waals surface area (Å²) in [5, 5.41) is 1.13. The van der Waals surface area contributed by atoms with Gasteiger partial charge in [0.1, 0.15) is 0 Å². The van der Waals surface area contributed by atoms with Gasteiger partial charge >= 0.3 is 0 Å². The van der Waals surface area contributed by atoms with Crippen molar-refractivity contribution in [1.82, 2.24) is 9.88 Å². The standard InChI is InChI=1S/C16H20N4O.HI/c1-12-11-20(7-8-21-12)16(17)19-10-13-4-5-15-14(9-13)3-2-6-18-15;/h2-6,9,12H,7-8,10-11H2,1H3,(H2,17,19);1H. The lowest BCUT2D eigenvalue weighted by Gasteiger charge is -2.31. The Hall–Kier alpha value is -1.41. The number of guanidine groups is 1. The van der Waals surface area contributed by atoms with Gasteiger partial charge < -0.3 is 15.4 Å². The first kappa shape index (κ1) is 17.0. The summed E-state index contributed by atoms with van der Waals surface area (Å²) >= 11 is 0. The van der Waals surface area contributed by atoms with E-state index in [-0.39, 0.29) is 30.1 Å². The van der Waals surface area contributed by atoms with Crippen LogP contribution in [0.5, 0.6) is 0 Å². The number of pyridine rings is 1. The predicted octanol–water partition coefficient (Wildman–Crippen LogP) is 2.39. The van der Waals surface area contributed by atoms with E-state index < -0.39 is 0 Å². The van der Waals surface area contributed by atoms with Gasteiger partial charge in [-0.05, 0) is 30.7 Å². The van der Waals surface area contributed by atoms with E-state index in [0.29, 0.717) is 19.1 Å². The molecule has 1 unspecified atom stereocenters. The van der Waals surface area contributed by atoms with Gasteiger partial charge in [0, 0.05) is 24.7 Å². The summed E-state index contributed by atoms with van der Waals surface area (Å²) in [6, 6.07) is 10.2. The van der Waals surface area contributed by atoms with Crippen LogP contribution < -0.4 is 5.73 Å². The van der Waals surface area contributed by atoms with Crippen LogP contribution in [0, 0.1) is 0 Å². The maximum atomic E-state index is 6.08. The fraction of sp³-hybridized carbons (Fsp3) is 0.375. The summed E-state index contributed by atoms with van der Waals surface area (Å²) in [5.74, 6) is 0.594. The Balaban J connectivity index is 0.00000176. The van der Waals surface area contributed by atoms with Crippen LogP contribution in [0.3, 0.4) is 0 Å². The molecule has 1 atom stereocenters. The number of hydrogen-bond acceptors (Lipinski definition) is 3. The largest absolute Gasteiger partial charge is 0.375 e. The molecule has 0 amide bonds. The minimum Gasteiger partial charge on any atom is -0.375 e. The highest BCUT2D eigenvalue weighted by atomic mass is 127. The van der Waals surface area contributed by atoms with E-state index in [2.05, 4.69) is 33.9 Å². The van der Waals surface area contributed by atoms with E-state index in [1.807, 2.05) is 18.2 Å². The summed E-state index contributed by atoms with van der Waals surface area (Å²) in [4.78, 5) is 10.9. The van der Waals surface area contributed by atoms with Crippen LogP contribution in [-0.4, -0.2) is 41.6 Å². The topological polar surface area (TPSA) is 63.7 Å². The van der Waals surface area contributed by atoms with Gasteiger partial charge in [-0.25, -0.2) is 4.99 Å². The molecule has 2 heterocycles. The van der Waals surface area contributed by atoms with Crippen molar-refractivity contribution in [2.45, 2.75) is 19.6 Å². The highest BCUT2D eigenvalue weighted by molar-refractivity contribution is 14.0. The zero-order valence-corrected chi connectivity index (χ0v) is 14.9. The van der Waals surface area contributed by atoms with Crippen molar-refractivity contribution in [1.29, 1.82) is 0 Å². The second kappa shape index (κ2) is 7.73. The molecule has 1 saturated heterocycles. The summed E-state index contributed by atoms with van der Waals surface area (Å²) in [7, 11) is 0. The third kappa shape index (κ3) is 4.07. The van der Waals surface area contributed by atoms with Gasteiger partial charge in [0.2, 0.25) is 0 Å². The van der Waals surface area contributed by atoms with Crippen molar-refractivity contribution in [3.05, 3.63) is 42.1 Å². The molecule has 22 heavy (non-hydrogen) atoms. The number of rotatable bonds is 2. The Morgan fingerprint density at radius 2 is 2.32 bits per heavy atom. The first-order chi connectivity index (χ1) is 10.2. The Morgan fingerprint density at radius 3 is 3.14 bits per heavy atom. The molecular weight excluding hydrogens is 391 g/mol. The molecule has 2 N–H and O–H groups in total. The van der Waals surface area contributed by atoms with Crippen molar-refractivity contribution in [2.24, 2.45) is 10.7 Å². The minimum absolute atomic E-state index is 0. The number of nitrogens with two attached hydrogens (primary N) is 1. The molecule has 1 fully saturated rings. The van der Waals surface area contributed by atoms with Crippen LogP contribution >= 0.6 is 24.0 Å². The molecule has 1 aromatic carbocycles. The monoisotopic (exact) mass is 412 g/mol. The first-order valence-electron chi connectivity index (χ1n) is 7.22. The summed E-state index contributed by atoms with van der Waals surface area (Å²) < 4.78 is 5.51. The number of aliphatic imine (C=N–C) groups is 1. The zero-order valence-electron chi connectivity index (χ0n) is 12.6. The number of hydrogen-bond donors (Lipinski definition) is 1. The maximum absolute atomic E-state index is 6.08. The average molecular weight is 412 g/mol. The molecule has 0 bridgehead atoms. The molecule has 5 nitrogen and oxygen atoms in total. The van der Waals surface area contributed by atoms with Gasteiger partial charge in [-0.2, -0.15) is 0 Å². The van der Waals surface area contributed by atoms with Crippen molar-refractivity contribution >= 4 is 40.8 Å². The Kier molecular flexibility index (Phi) is 5.96. The Bertz CT molecular complexity index is 661. The second-order valence-electron chi connectivity index (χ2n) is 5.33. The van der Waals surface area contributed by atoms with Gasteiger partial charge in [-0.15, -0.1) is 24.0 Å². The molecule has 0 spiro atoms. The molecule has 0 saturated carbocycles. The number of nitrogens with zero attached hydrogens (tertiary/aromatic N) is 3.